The maximum absolute atomic E-state index is 6.16. The third-order valence-corrected chi connectivity index (χ3v) is 4.14. The molecule has 0 aliphatic rings. The average Bonchev–Trinajstić information content (AvgIpc) is 2.63. The van der Waals surface area contributed by atoms with Gasteiger partial charge in [0.25, 0.3) is 0 Å². The minimum absolute atomic E-state index is 0.592. The summed E-state index contributed by atoms with van der Waals surface area (Å²) < 4.78 is 5.79. The van der Waals surface area contributed by atoms with Crippen molar-refractivity contribution in [2.24, 2.45) is 5.92 Å². The van der Waals surface area contributed by atoms with E-state index in [1.807, 2.05) is 60.5 Å². The molecule has 2 aromatic rings. The number of hydrogen-bond donors (Lipinski definition) is 1. The van der Waals surface area contributed by atoms with Crippen molar-refractivity contribution in [3.05, 3.63) is 48.5 Å². The van der Waals surface area contributed by atoms with E-state index in [0.717, 1.165) is 29.5 Å². The molecule has 0 spiro atoms. The van der Waals surface area contributed by atoms with Gasteiger partial charge in [0.2, 0.25) is 0 Å². The number of ether oxygens (including phenoxy) is 1. The molecule has 0 bridgehead atoms. The van der Waals surface area contributed by atoms with Gasteiger partial charge in [-0.25, -0.2) is 5.06 Å². The van der Waals surface area contributed by atoms with E-state index in [-0.39, 0.29) is 0 Å². The van der Waals surface area contributed by atoms with Crippen molar-refractivity contribution in [2.45, 2.75) is 46.5 Å². The third kappa shape index (κ3) is 6.26. The van der Waals surface area contributed by atoms with Crippen molar-refractivity contribution in [3.8, 4) is 5.75 Å². The van der Waals surface area contributed by atoms with Gasteiger partial charge in [0.15, 0.2) is 0 Å². The Hall–Kier alpha value is -2.20. The lowest BCUT2D eigenvalue weighted by molar-refractivity contribution is 0.129. The largest absolute Gasteiger partial charge is 0.492 e. The van der Waals surface area contributed by atoms with Crippen LogP contribution in [0.2, 0.25) is 0 Å². The molecule has 0 aromatic heterocycles. The SMILES string of the molecule is CCOc1ccc(N)cc1N(OCCCCCC(C)C)c1ccccc1. The van der Waals surface area contributed by atoms with Gasteiger partial charge in [-0.2, -0.15) is 0 Å². The highest BCUT2D eigenvalue weighted by atomic mass is 16.7. The number of rotatable bonds is 11. The molecule has 0 amide bonds. The molecule has 142 valence electrons. The molecule has 0 radical (unpaired) electrons. The number of hydrogen-bond acceptors (Lipinski definition) is 4. The first-order valence-electron chi connectivity index (χ1n) is 9.62. The number of para-hydroxylation sites is 1. The number of anilines is 3. The van der Waals surface area contributed by atoms with Crippen LogP contribution in [0, 0.1) is 5.92 Å². The predicted octanol–water partition coefficient (Wildman–Crippen LogP) is 5.95. The lowest BCUT2D eigenvalue weighted by Crippen LogP contribution is -2.19. The Morgan fingerprint density at radius 1 is 1.00 bits per heavy atom. The van der Waals surface area contributed by atoms with Gasteiger partial charge in [0, 0.05) is 5.69 Å². The van der Waals surface area contributed by atoms with Crippen LogP contribution in [0.4, 0.5) is 17.1 Å². The highest BCUT2D eigenvalue weighted by Gasteiger charge is 2.16. The molecule has 0 fully saturated rings. The van der Waals surface area contributed by atoms with Gasteiger partial charge in [0.1, 0.15) is 11.4 Å². The molecule has 0 aliphatic carbocycles. The number of nitrogen functional groups attached to an aromatic ring is 1. The van der Waals surface area contributed by atoms with E-state index in [9.17, 15) is 0 Å². The van der Waals surface area contributed by atoms with Crippen LogP contribution >= 0.6 is 0 Å². The molecule has 0 saturated heterocycles. The monoisotopic (exact) mass is 356 g/mol. The molecular weight excluding hydrogens is 324 g/mol. The minimum atomic E-state index is 0.592. The smallest absolute Gasteiger partial charge is 0.145 e. The average molecular weight is 357 g/mol. The number of benzene rings is 2. The third-order valence-electron chi connectivity index (χ3n) is 4.14. The lowest BCUT2D eigenvalue weighted by atomic mass is 10.1. The molecule has 0 unspecified atom stereocenters. The van der Waals surface area contributed by atoms with Crippen LogP contribution in [-0.4, -0.2) is 13.2 Å². The van der Waals surface area contributed by atoms with E-state index >= 15 is 0 Å². The van der Waals surface area contributed by atoms with Crippen LogP contribution in [0.1, 0.15) is 46.5 Å². The number of nitrogens with two attached hydrogens (primary N) is 1. The van der Waals surface area contributed by atoms with Gasteiger partial charge >= 0.3 is 0 Å². The molecule has 4 nitrogen and oxygen atoms in total. The molecule has 26 heavy (non-hydrogen) atoms. The summed E-state index contributed by atoms with van der Waals surface area (Å²) in [6.45, 7) is 7.76. The van der Waals surface area contributed by atoms with E-state index in [4.69, 9.17) is 15.3 Å². The molecule has 4 heteroatoms. The summed E-state index contributed by atoms with van der Waals surface area (Å²) in [5.74, 6) is 1.53. The Kier molecular flexibility index (Phi) is 8.29. The zero-order valence-corrected chi connectivity index (χ0v) is 16.3. The van der Waals surface area contributed by atoms with Crippen molar-refractivity contribution in [1.82, 2.24) is 0 Å². The molecule has 2 N–H and O–H groups in total. The molecular formula is C22H32N2O2. The molecule has 0 heterocycles. The van der Waals surface area contributed by atoms with E-state index in [1.54, 1.807) is 0 Å². The fourth-order valence-corrected chi connectivity index (χ4v) is 2.80. The maximum Gasteiger partial charge on any atom is 0.145 e. The summed E-state index contributed by atoms with van der Waals surface area (Å²) >= 11 is 0. The van der Waals surface area contributed by atoms with Crippen LogP contribution < -0.4 is 15.5 Å². The maximum atomic E-state index is 6.16. The second-order valence-corrected chi connectivity index (χ2v) is 6.87. The number of unbranched alkanes of at least 4 members (excludes halogenated alkanes) is 2. The summed E-state index contributed by atoms with van der Waals surface area (Å²) in [4.78, 5) is 6.16. The van der Waals surface area contributed by atoms with Crippen molar-refractivity contribution in [2.75, 3.05) is 24.0 Å². The quantitative estimate of drug-likeness (QED) is 0.307. The fourth-order valence-electron chi connectivity index (χ4n) is 2.80. The van der Waals surface area contributed by atoms with Gasteiger partial charge in [0.05, 0.1) is 18.9 Å². The van der Waals surface area contributed by atoms with Crippen molar-refractivity contribution in [1.29, 1.82) is 0 Å². The van der Waals surface area contributed by atoms with Crippen molar-refractivity contribution < 1.29 is 9.57 Å². The number of nitrogens with zero attached hydrogens (tertiary/aromatic N) is 1. The molecule has 0 aliphatic heterocycles. The van der Waals surface area contributed by atoms with Gasteiger partial charge in [-0.15, -0.1) is 0 Å². The molecule has 2 rings (SSSR count). The Bertz CT molecular complexity index is 644. The minimum Gasteiger partial charge on any atom is -0.492 e. The molecule has 0 atom stereocenters. The zero-order valence-electron chi connectivity index (χ0n) is 16.3. The van der Waals surface area contributed by atoms with E-state index in [0.29, 0.717) is 18.9 Å². The van der Waals surface area contributed by atoms with Gasteiger partial charge < -0.3 is 10.5 Å². The van der Waals surface area contributed by atoms with Gasteiger partial charge in [-0.1, -0.05) is 51.3 Å². The highest BCUT2D eigenvalue weighted by Crippen LogP contribution is 2.36. The Morgan fingerprint density at radius 3 is 2.46 bits per heavy atom. The Labute approximate surface area is 157 Å². The first-order chi connectivity index (χ1) is 12.6. The van der Waals surface area contributed by atoms with Gasteiger partial charge in [-0.05, 0) is 49.6 Å². The zero-order chi connectivity index (χ0) is 18.8. The lowest BCUT2D eigenvalue weighted by Gasteiger charge is -2.26. The second-order valence-electron chi connectivity index (χ2n) is 6.87. The summed E-state index contributed by atoms with van der Waals surface area (Å²) in [5, 5.41) is 1.84. The summed E-state index contributed by atoms with van der Waals surface area (Å²) in [5.41, 5.74) is 8.50. The van der Waals surface area contributed by atoms with Crippen LogP contribution in [0.15, 0.2) is 48.5 Å². The Balaban J connectivity index is 2.11. The fraction of sp³-hybridized carbons (Fsp3) is 0.455. The second kappa shape index (κ2) is 10.7. The van der Waals surface area contributed by atoms with Crippen molar-refractivity contribution in [3.63, 3.8) is 0 Å². The van der Waals surface area contributed by atoms with E-state index in [2.05, 4.69) is 13.8 Å². The Morgan fingerprint density at radius 2 is 1.77 bits per heavy atom. The topological polar surface area (TPSA) is 47.7 Å². The highest BCUT2D eigenvalue weighted by molar-refractivity contribution is 5.70. The van der Waals surface area contributed by atoms with Gasteiger partial charge in [-0.3, -0.25) is 4.84 Å². The predicted molar refractivity (Wildman–Crippen MR) is 110 cm³/mol. The van der Waals surface area contributed by atoms with Crippen LogP contribution in [0.5, 0.6) is 5.75 Å². The normalized spacial score (nSPS) is 10.9. The van der Waals surface area contributed by atoms with E-state index in [1.165, 1.54) is 19.3 Å². The van der Waals surface area contributed by atoms with Crippen LogP contribution in [-0.2, 0) is 4.84 Å². The van der Waals surface area contributed by atoms with Crippen molar-refractivity contribution >= 4 is 17.1 Å². The standard InChI is InChI=1S/C22H32N2O2/c1-4-25-22-15-14-19(23)17-21(22)24(20-12-8-5-9-13-20)26-16-10-6-7-11-18(2)3/h5,8-9,12-15,17-18H,4,6-7,10-11,16,23H2,1-3H3. The summed E-state index contributed by atoms with van der Waals surface area (Å²) in [6, 6.07) is 15.7. The first kappa shape index (κ1) is 20.1. The summed E-state index contributed by atoms with van der Waals surface area (Å²) in [7, 11) is 0. The summed E-state index contributed by atoms with van der Waals surface area (Å²) in [6.07, 6.45) is 4.72. The van der Waals surface area contributed by atoms with Crippen LogP contribution in [0.25, 0.3) is 0 Å². The first-order valence-corrected chi connectivity index (χ1v) is 9.62. The molecule has 2 aromatic carbocycles. The van der Waals surface area contributed by atoms with Crippen LogP contribution in [0.3, 0.4) is 0 Å². The van der Waals surface area contributed by atoms with E-state index < -0.39 is 0 Å². The molecule has 0 saturated carbocycles.